The van der Waals surface area contributed by atoms with Gasteiger partial charge < -0.3 is 14.6 Å². The van der Waals surface area contributed by atoms with E-state index in [2.05, 4.69) is 0 Å². The minimum absolute atomic E-state index is 0.152. The minimum atomic E-state index is -1.01. The van der Waals surface area contributed by atoms with Crippen molar-refractivity contribution in [3.05, 3.63) is 65.9 Å². The van der Waals surface area contributed by atoms with E-state index < -0.39 is 5.97 Å². The highest BCUT2D eigenvalue weighted by Crippen LogP contribution is 2.36. The summed E-state index contributed by atoms with van der Waals surface area (Å²) in [4.78, 5) is 16.5. The normalized spacial score (nSPS) is 14.6. The van der Waals surface area contributed by atoms with E-state index in [0.717, 1.165) is 28.5 Å². The van der Waals surface area contributed by atoms with E-state index in [0.29, 0.717) is 17.2 Å². The number of rotatable bonds is 9. The lowest BCUT2D eigenvalue weighted by Crippen LogP contribution is -2.04. The number of nitrogens with zero attached hydrogens (tertiary/aromatic N) is 1. The first-order valence-electron chi connectivity index (χ1n) is 9.49. The quantitative estimate of drug-likeness (QED) is 0.254. The third-order valence-corrected chi connectivity index (χ3v) is 5.70. The number of carbonyl (C=O) groups is 1. The van der Waals surface area contributed by atoms with Gasteiger partial charge in [0.2, 0.25) is 0 Å². The van der Waals surface area contributed by atoms with Crippen LogP contribution in [0.15, 0.2) is 59.8 Å². The molecular formula is C23H25NO4S. The van der Waals surface area contributed by atoms with Gasteiger partial charge in [0, 0.05) is 5.75 Å². The van der Waals surface area contributed by atoms with Crippen molar-refractivity contribution in [1.29, 1.82) is 0 Å². The third-order valence-electron chi connectivity index (χ3n) is 4.65. The fourth-order valence-corrected chi connectivity index (χ4v) is 4.02. The minimum Gasteiger partial charge on any atom is -0.503 e. The smallest absolute Gasteiger partial charge is 0.339 e. The molecule has 0 radical (unpaired) electrons. The molecule has 2 aromatic carbocycles. The zero-order valence-electron chi connectivity index (χ0n) is 16.6. The number of hydrogen-bond donors (Lipinski definition) is 1. The van der Waals surface area contributed by atoms with Crippen LogP contribution in [-0.2, 0) is 15.3 Å². The van der Waals surface area contributed by atoms with E-state index in [9.17, 15) is 9.90 Å². The number of hydrogen-bond acceptors (Lipinski definition) is 5. The molecule has 1 fully saturated rings. The number of aliphatic imine (C=N–C) groups is 1. The van der Waals surface area contributed by atoms with Gasteiger partial charge in [-0.3, -0.25) is 0 Å². The Hall–Kier alpha value is -2.73. The van der Waals surface area contributed by atoms with E-state index in [1.165, 1.54) is 26.2 Å². The van der Waals surface area contributed by atoms with Crippen LogP contribution in [0.25, 0.3) is 5.57 Å². The topological polar surface area (TPSA) is 68.1 Å². The lowest BCUT2D eigenvalue weighted by Gasteiger charge is -2.11. The first kappa shape index (κ1) is 21.0. The molecule has 0 heterocycles. The highest BCUT2D eigenvalue weighted by Gasteiger charge is 2.24. The molecule has 0 aliphatic heterocycles. The fourth-order valence-electron chi connectivity index (χ4n) is 2.92. The molecule has 2 aromatic rings. The summed E-state index contributed by atoms with van der Waals surface area (Å²) in [7, 11) is 3.10. The van der Waals surface area contributed by atoms with Crippen LogP contribution in [0.1, 0.15) is 30.4 Å². The average Bonchev–Trinajstić information content (AvgIpc) is 3.55. The molecule has 6 heteroatoms. The lowest BCUT2D eigenvalue weighted by atomic mass is 10.0. The molecule has 1 saturated carbocycles. The second kappa shape index (κ2) is 10.2. The summed E-state index contributed by atoms with van der Waals surface area (Å²) in [6.45, 7) is 0. The second-order valence-electron chi connectivity index (χ2n) is 6.87. The molecule has 0 bridgehead atoms. The number of thioether (sulfide) groups is 1. The van der Waals surface area contributed by atoms with Crippen molar-refractivity contribution < 1.29 is 19.4 Å². The Kier molecular flexibility index (Phi) is 7.36. The summed E-state index contributed by atoms with van der Waals surface area (Å²) in [6.07, 6.45) is 4.73. The van der Waals surface area contributed by atoms with Crippen LogP contribution >= 0.6 is 11.8 Å². The van der Waals surface area contributed by atoms with Gasteiger partial charge in [-0.25, -0.2) is 9.79 Å². The molecule has 0 saturated heterocycles. The van der Waals surface area contributed by atoms with Crippen LogP contribution in [0.3, 0.4) is 0 Å². The van der Waals surface area contributed by atoms with Gasteiger partial charge >= 0.3 is 5.97 Å². The molecular weight excluding hydrogens is 386 g/mol. The van der Waals surface area contributed by atoms with Crippen molar-refractivity contribution in [2.24, 2.45) is 10.9 Å². The lowest BCUT2D eigenvalue weighted by molar-refractivity contribution is -0.130. The van der Waals surface area contributed by atoms with Crippen molar-refractivity contribution in [3.63, 3.8) is 0 Å². The molecule has 5 nitrogen and oxygen atoms in total. The Labute approximate surface area is 175 Å². The molecule has 0 spiro atoms. The van der Waals surface area contributed by atoms with Crippen LogP contribution in [0.2, 0.25) is 0 Å². The Morgan fingerprint density at radius 1 is 1.17 bits per heavy atom. The Bertz CT molecular complexity index is 901. The maximum atomic E-state index is 11.6. The number of methoxy groups -OCH3 is 2. The number of carboxylic acid groups (broad SMARTS) is 1. The van der Waals surface area contributed by atoms with Crippen LogP contribution in [-0.4, -0.2) is 30.3 Å². The van der Waals surface area contributed by atoms with Gasteiger partial charge in [-0.15, -0.1) is 11.8 Å². The van der Waals surface area contributed by atoms with Crippen molar-refractivity contribution in [2.75, 3.05) is 14.2 Å². The summed E-state index contributed by atoms with van der Waals surface area (Å²) in [5.74, 6) is 1.15. The summed E-state index contributed by atoms with van der Waals surface area (Å²) in [6, 6.07) is 15.2. The molecule has 3 rings (SSSR count). The summed E-state index contributed by atoms with van der Waals surface area (Å²) in [5, 5.41) is 10.6. The SMILES string of the molecule is CO/C=C(/C(=O)O)c1ccccc1CSC(CC1CC1)=Nc1ccc(OC)cc1. The highest BCUT2D eigenvalue weighted by atomic mass is 32.2. The molecule has 0 unspecified atom stereocenters. The predicted molar refractivity (Wildman–Crippen MR) is 118 cm³/mol. The van der Waals surface area contributed by atoms with Gasteiger partial charge in [0.05, 0.1) is 31.2 Å². The van der Waals surface area contributed by atoms with Gasteiger partial charge in [-0.05, 0) is 60.6 Å². The van der Waals surface area contributed by atoms with Gasteiger partial charge in [0.1, 0.15) is 11.3 Å². The molecule has 152 valence electrons. The van der Waals surface area contributed by atoms with E-state index in [4.69, 9.17) is 14.5 Å². The van der Waals surface area contributed by atoms with Crippen molar-refractivity contribution in [1.82, 2.24) is 0 Å². The van der Waals surface area contributed by atoms with E-state index in [-0.39, 0.29) is 5.57 Å². The fraction of sp³-hybridized carbons (Fsp3) is 0.304. The molecule has 1 aliphatic carbocycles. The largest absolute Gasteiger partial charge is 0.503 e. The van der Waals surface area contributed by atoms with E-state index in [1.54, 1.807) is 18.9 Å². The summed E-state index contributed by atoms with van der Waals surface area (Å²) >= 11 is 1.67. The summed E-state index contributed by atoms with van der Waals surface area (Å²) in [5.41, 5.74) is 2.67. The Balaban J connectivity index is 1.80. The zero-order valence-corrected chi connectivity index (χ0v) is 17.4. The maximum absolute atomic E-state index is 11.6. The Morgan fingerprint density at radius 3 is 2.52 bits per heavy atom. The molecule has 29 heavy (non-hydrogen) atoms. The van der Waals surface area contributed by atoms with Crippen LogP contribution in [0.5, 0.6) is 5.75 Å². The maximum Gasteiger partial charge on any atom is 0.339 e. The molecule has 0 atom stereocenters. The third kappa shape index (κ3) is 6.12. The van der Waals surface area contributed by atoms with Gasteiger partial charge in [0.25, 0.3) is 0 Å². The number of carboxylic acids is 1. The first-order valence-corrected chi connectivity index (χ1v) is 10.5. The number of aliphatic carboxylic acids is 1. The number of benzene rings is 2. The molecule has 0 amide bonds. The van der Waals surface area contributed by atoms with Crippen LogP contribution in [0.4, 0.5) is 5.69 Å². The standard InChI is InChI=1S/C23H25NO4S/c1-27-14-21(23(25)26)20-6-4-3-5-17(20)15-29-22(13-16-7-8-16)24-18-9-11-19(28-2)12-10-18/h3-6,9-12,14,16H,7-8,13,15H2,1-2H3,(H,25,26)/b21-14+,24-22?. The second-order valence-corrected chi connectivity index (χ2v) is 7.92. The zero-order chi connectivity index (χ0) is 20.6. The van der Waals surface area contributed by atoms with Crippen molar-refractivity contribution >= 4 is 34.0 Å². The van der Waals surface area contributed by atoms with Gasteiger partial charge in [0.15, 0.2) is 0 Å². The monoisotopic (exact) mass is 411 g/mol. The Morgan fingerprint density at radius 2 is 1.90 bits per heavy atom. The van der Waals surface area contributed by atoms with E-state index in [1.807, 2.05) is 48.5 Å². The van der Waals surface area contributed by atoms with Crippen molar-refractivity contribution in [2.45, 2.75) is 25.0 Å². The van der Waals surface area contributed by atoms with Gasteiger partial charge in [-0.1, -0.05) is 24.3 Å². The molecule has 1 N–H and O–H groups in total. The van der Waals surface area contributed by atoms with Crippen LogP contribution in [0, 0.1) is 5.92 Å². The first-order chi connectivity index (χ1) is 14.1. The highest BCUT2D eigenvalue weighted by molar-refractivity contribution is 8.13. The summed E-state index contributed by atoms with van der Waals surface area (Å²) < 4.78 is 10.2. The van der Waals surface area contributed by atoms with Crippen molar-refractivity contribution in [3.8, 4) is 5.75 Å². The average molecular weight is 412 g/mol. The van der Waals surface area contributed by atoms with E-state index >= 15 is 0 Å². The molecule has 0 aromatic heterocycles. The number of ether oxygens (including phenoxy) is 2. The molecule has 1 aliphatic rings. The van der Waals surface area contributed by atoms with Gasteiger partial charge in [-0.2, -0.15) is 0 Å². The predicted octanol–water partition coefficient (Wildman–Crippen LogP) is 5.53. The van der Waals surface area contributed by atoms with Crippen LogP contribution < -0.4 is 4.74 Å².